The molecule has 1 aliphatic carbocycles. The lowest BCUT2D eigenvalue weighted by Crippen LogP contribution is -2.37. The summed E-state index contributed by atoms with van der Waals surface area (Å²) in [5, 5.41) is 4.05. The first-order chi connectivity index (χ1) is 13.4. The molecule has 1 N–H and O–H groups in total. The molecule has 148 valence electrons. The molecule has 1 saturated carbocycles. The van der Waals surface area contributed by atoms with E-state index in [1.807, 2.05) is 13.0 Å². The van der Waals surface area contributed by atoms with E-state index >= 15 is 0 Å². The van der Waals surface area contributed by atoms with Crippen LogP contribution in [0.4, 0.5) is 0 Å². The van der Waals surface area contributed by atoms with E-state index in [1.54, 1.807) is 23.2 Å². The highest BCUT2D eigenvalue weighted by molar-refractivity contribution is 6.35. The molecular formula is C20H22Cl2N4O2. The Morgan fingerprint density at radius 3 is 2.64 bits per heavy atom. The number of amides is 2. The monoisotopic (exact) mass is 420 g/mol. The molecule has 2 aromatic rings. The van der Waals surface area contributed by atoms with Crippen LogP contribution in [0.25, 0.3) is 0 Å². The Kier molecular flexibility index (Phi) is 6.86. The number of rotatable bonds is 8. The summed E-state index contributed by atoms with van der Waals surface area (Å²) in [6.45, 7) is 2.66. The van der Waals surface area contributed by atoms with Gasteiger partial charge in [0.1, 0.15) is 5.69 Å². The fourth-order valence-corrected chi connectivity index (χ4v) is 3.36. The van der Waals surface area contributed by atoms with Gasteiger partial charge < -0.3 is 10.2 Å². The van der Waals surface area contributed by atoms with E-state index in [1.165, 1.54) is 6.20 Å². The maximum atomic E-state index is 12.7. The molecule has 2 amide bonds. The van der Waals surface area contributed by atoms with Crippen LogP contribution in [0.3, 0.4) is 0 Å². The Balaban J connectivity index is 1.47. The Morgan fingerprint density at radius 1 is 1.21 bits per heavy atom. The van der Waals surface area contributed by atoms with E-state index in [-0.39, 0.29) is 24.3 Å². The first kappa shape index (κ1) is 20.6. The molecule has 0 spiro atoms. The van der Waals surface area contributed by atoms with Gasteiger partial charge in [0, 0.05) is 41.8 Å². The first-order valence-corrected chi connectivity index (χ1v) is 10.00. The average Bonchev–Trinajstić information content (AvgIpc) is 3.49. The Bertz CT molecular complexity index is 854. The SMILES string of the molecule is Cc1cnc(C(=O)N(CCC(=O)NCCc2ccc(Cl)cc2Cl)C2CC2)cn1. The highest BCUT2D eigenvalue weighted by atomic mass is 35.5. The minimum Gasteiger partial charge on any atom is -0.356 e. The predicted octanol–water partition coefficient (Wildman–Crippen LogP) is 3.45. The molecular weight excluding hydrogens is 399 g/mol. The maximum absolute atomic E-state index is 12.7. The molecule has 1 aromatic heterocycles. The molecule has 0 bridgehead atoms. The summed E-state index contributed by atoms with van der Waals surface area (Å²) < 4.78 is 0. The topological polar surface area (TPSA) is 75.2 Å². The number of hydrogen-bond acceptors (Lipinski definition) is 4. The van der Waals surface area contributed by atoms with Crippen LogP contribution >= 0.6 is 23.2 Å². The molecule has 0 saturated heterocycles. The van der Waals surface area contributed by atoms with Crippen molar-refractivity contribution in [3.8, 4) is 0 Å². The second-order valence-electron chi connectivity index (χ2n) is 6.86. The summed E-state index contributed by atoms with van der Waals surface area (Å²) in [6.07, 6.45) is 5.85. The van der Waals surface area contributed by atoms with E-state index in [0.29, 0.717) is 35.2 Å². The van der Waals surface area contributed by atoms with Gasteiger partial charge in [0.25, 0.3) is 5.91 Å². The number of nitrogens with zero attached hydrogens (tertiary/aromatic N) is 3. The van der Waals surface area contributed by atoms with Crippen LogP contribution in [0.2, 0.25) is 10.0 Å². The number of carbonyl (C=O) groups is 2. The minimum absolute atomic E-state index is 0.0986. The van der Waals surface area contributed by atoms with Crippen molar-refractivity contribution in [3.63, 3.8) is 0 Å². The zero-order valence-corrected chi connectivity index (χ0v) is 17.1. The molecule has 1 heterocycles. The van der Waals surface area contributed by atoms with Crippen molar-refractivity contribution in [1.82, 2.24) is 20.2 Å². The second-order valence-corrected chi connectivity index (χ2v) is 7.70. The number of nitrogens with one attached hydrogen (secondary N) is 1. The van der Waals surface area contributed by atoms with Crippen LogP contribution in [0.5, 0.6) is 0 Å². The Labute approximate surface area is 174 Å². The number of benzene rings is 1. The third-order valence-corrected chi connectivity index (χ3v) is 5.15. The van der Waals surface area contributed by atoms with Gasteiger partial charge >= 0.3 is 0 Å². The van der Waals surface area contributed by atoms with Crippen LogP contribution in [0, 0.1) is 6.92 Å². The molecule has 28 heavy (non-hydrogen) atoms. The van der Waals surface area contributed by atoms with Crippen molar-refractivity contribution in [3.05, 3.63) is 57.6 Å². The zero-order chi connectivity index (χ0) is 20.1. The van der Waals surface area contributed by atoms with Gasteiger partial charge in [-0.2, -0.15) is 0 Å². The van der Waals surface area contributed by atoms with Crippen LogP contribution in [0.15, 0.2) is 30.6 Å². The second kappa shape index (κ2) is 9.34. The van der Waals surface area contributed by atoms with Crippen LogP contribution in [-0.2, 0) is 11.2 Å². The van der Waals surface area contributed by atoms with Gasteiger partial charge in [0.05, 0.1) is 11.9 Å². The number of hydrogen-bond donors (Lipinski definition) is 1. The van der Waals surface area contributed by atoms with E-state index < -0.39 is 0 Å². The van der Waals surface area contributed by atoms with Gasteiger partial charge in [0.15, 0.2) is 0 Å². The largest absolute Gasteiger partial charge is 0.356 e. The van der Waals surface area contributed by atoms with Crippen molar-refractivity contribution in [2.24, 2.45) is 0 Å². The maximum Gasteiger partial charge on any atom is 0.274 e. The fraction of sp³-hybridized carbons (Fsp3) is 0.400. The number of aromatic nitrogens is 2. The lowest BCUT2D eigenvalue weighted by Gasteiger charge is -2.21. The summed E-state index contributed by atoms with van der Waals surface area (Å²) in [7, 11) is 0. The lowest BCUT2D eigenvalue weighted by molar-refractivity contribution is -0.121. The normalized spacial score (nSPS) is 13.2. The minimum atomic E-state index is -0.171. The van der Waals surface area contributed by atoms with E-state index in [4.69, 9.17) is 23.2 Å². The Morgan fingerprint density at radius 2 is 2.00 bits per heavy atom. The summed E-state index contributed by atoms with van der Waals surface area (Å²) in [5.41, 5.74) is 2.00. The molecule has 8 heteroatoms. The quantitative estimate of drug-likeness (QED) is 0.709. The zero-order valence-electron chi connectivity index (χ0n) is 15.6. The highest BCUT2D eigenvalue weighted by Gasteiger charge is 2.33. The standard InChI is InChI=1S/C20H22Cl2N4O2/c1-13-11-25-18(12-24-13)20(28)26(16-4-5-16)9-7-19(27)23-8-6-14-2-3-15(21)10-17(14)22/h2-3,10-12,16H,4-9H2,1H3,(H,23,27). The highest BCUT2D eigenvalue weighted by Crippen LogP contribution is 2.28. The third kappa shape index (κ3) is 5.66. The van der Waals surface area contributed by atoms with Crippen molar-refractivity contribution in [2.75, 3.05) is 13.1 Å². The summed E-state index contributed by atoms with van der Waals surface area (Å²) >= 11 is 12.0. The first-order valence-electron chi connectivity index (χ1n) is 9.24. The van der Waals surface area contributed by atoms with E-state index in [2.05, 4.69) is 15.3 Å². The average molecular weight is 421 g/mol. The van der Waals surface area contributed by atoms with Crippen molar-refractivity contribution >= 4 is 35.0 Å². The number of halogens is 2. The van der Waals surface area contributed by atoms with Gasteiger partial charge in [-0.15, -0.1) is 0 Å². The Hall–Kier alpha value is -2.18. The van der Waals surface area contributed by atoms with Crippen LogP contribution in [0.1, 0.15) is 41.0 Å². The van der Waals surface area contributed by atoms with Crippen LogP contribution < -0.4 is 5.32 Å². The van der Waals surface area contributed by atoms with E-state index in [9.17, 15) is 9.59 Å². The lowest BCUT2D eigenvalue weighted by atomic mass is 10.1. The van der Waals surface area contributed by atoms with Gasteiger partial charge in [0.2, 0.25) is 5.91 Å². The third-order valence-electron chi connectivity index (χ3n) is 4.56. The summed E-state index contributed by atoms with van der Waals surface area (Å²) in [5.74, 6) is -0.269. The van der Waals surface area contributed by atoms with Gasteiger partial charge in [-0.1, -0.05) is 29.3 Å². The molecule has 0 radical (unpaired) electrons. The van der Waals surface area contributed by atoms with Gasteiger partial charge in [-0.25, -0.2) is 4.98 Å². The van der Waals surface area contributed by atoms with Crippen molar-refractivity contribution in [2.45, 2.75) is 38.6 Å². The smallest absolute Gasteiger partial charge is 0.274 e. The predicted molar refractivity (Wildman–Crippen MR) is 109 cm³/mol. The number of carbonyl (C=O) groups excluding carboxylic acids is 2. The molecule has 1 aromatic carbocycles. The molecule has 0 unspecified atom stereocenters. The van der Waals surface area contributed by atoms with E-state index in [0.717, 1.165) is 24.1 Å². The molecule has 1 fully saturated rings. The molecule has 0 aliphatic heterocycles. The summed E-state index contributed by atoms with van der Waals surface area (Å²) in [4.78, 5) is 34.9. The number of aryl methyl sites for hydroxylation is 1. The van der Waals surface area contributed by atoms with Crippen LogP contribution in [-0.4, -0.2) is 45.8 Å². The summed E-state index contributed by atoms with van der Waals surface area (Å²) in [6, 6.07) is 5.51. The van der Waals surface area contributed by atoms with Gasteiger partial charge in [-0.3, -0.25) is 14.6 Å². The molecule has 3 rings (SSSR count). The van der Waals surface area contributed by atoms with Crippen molar-refractivity contribution < 1.29 is 9.59 Å². The molecule has 0 atom stereocenters. The van der Waals surface area contributed by atoms with Gasteiger partial charge in [-0.05, 0) is 43.9 Å². The molecule has 1 aliphatic rings. The fourth-order valence-electron chi connectivity index (χ4n) is 2.86. The molecule has 6 nitrogen and oxygen atoms in total. The van der Waals surface area contributed by atoms with Crippen molar-refractivity contribution in [1.29, 1.82) is 0 Å².